The minimum atomic E-state index is -4.69. The van der Waals surface area contributed by atoms with Crippen molar-refractivity contribution in [2.24, 2.45) is 0 Å². The summed E-state index contributed by atoms with van der Waals surface area (Å²) >= 11 is 0. The van der Waals surface area contributed by atoms with Gasteiger partial charge in [-0.3, -0.25) is 4.52 Å². The van der Waals surface area contributed by atoms with Gasteiger partial charge in [-0.25, -0.2) is 14.2 Å². The number of phosphoric acid groups is 1. The molecule has 0 aromatic carbocycles. The zero-order valence-electron chi connectivity index (χ0n) is 9.12. The number of rotatable bonds is 7. The molecule has 0 rings (SSSR count). The van der Waals surface area contributed by atoms with Crippen molar-refractivity contribution in [3.05, 3.63) is 12.2 Å². The van der Waals surface area contributed by atoms with E-state index in [4.69, 9.17) is 9.79 Å². The van der Waals surface area contributed by atoms with Crippen LogP contribution in [0.25, 0.3) is 0 Å². The van der Waals surface area contributed by atoms with Crippen LogP contribution in [-0.4, -0.2) is 41.5 Å². The fourth-order valence-electron chi connectivity index (χ4n) is 0.592. The Morgan fingerprint density at radius 1 is 1.24 bits per heavy atom. The Hall–Kier alpha value is -1.21. The molecule has 0 aliphatic rings. The molecule has 0 amide bonds. The van der Waals surface area contributed by atoms with Gasteiger partial charge in [-0.15, -0.1) is 0 Å². The predicted octanol–water partition coefficient (Wildman–Crippen LogP) is -0.242. The molecule has 0 fully saturated rings. The van der Waals surface area contributed by atoms with Crippen molar-refractivity contribution in [1.82, 2.24) is 0 Å². The lowest BCUT2D eigenvalue weighted by Crippen LogP contribution is -2.17. The summed E-state index contributed by atoms with van der Waals surface area (Å²) in [5, 5.41) is 0. The second kappa shape index (κ2) is 7.18. The van der Waals surface area contributed by atoms with Crippen molar-refractivity contribution in [2.75, 3.05) is 19.8 Å². The lowest BCUT2D eigenvalue weighted by molar-refractivity contribution is -0.152. The number of ether oxygens (including phenoxy) is 2. The molecular formula is C8H13O8P. The summed E-state index contributed by atoms with van der Waals surface area (Å²) in [7, 11) is -4.69. The van der Waals surface area contributed by atoms with Gasteiger partial charge in [0.2, 0.25) is 0 Å². The van der Waals surface area contributed by atoms with Crippen LogP contribution >= 0.6 is 7.82 Å². The van der Waals surface area contributed by atoms with Crippen molar-refractivity contribution in [1.29, 1.82) is 0 Å². The zero-order valence-corrected chi connectivity index (χ0v) is 10.0. The molecule has 9 heteroatoms. The molecule has 0 heterocycles. The first-order valence-electron chi connectivity index (χ1n) is 4.40. The molecule has 98 valence electrons. The number of hydrogen-bond acceptors (Lipinski definition) is 6. The second-order valence-corrected chi connectivity index (χ2v) is 4.14. The van der Waals surface area contributed by atoms with E-state index in [9.17, 15) is 14.2 Å². The summed E-state index contributed by atoms with van der Waals surface area (Å²) in [5.41, 5.74) is 0.209. The Morgan fingerprint density at radius 3 is 2.24 bits per heavy atom. The van der Waals surface area contributed by atoms with E-state index in [1.807, 2.05) is 0 Å². The number of carbonyl (C=O) groups is 2. The van der Waals surface area contributed by atoms with Crippen LogP contribution in [0.5, 0.6) is 0 Å². The van der Waals surface area contributed by atoms with E-state index in [1.54, 1.807) is 0 Å². The van der Waals surface area contributed by atoms with E-state index in [2.05, 4.69) is 20.6 Å². The van der Waals surface area contributed by atoms with E-state index in [-0.39, 0.29) is 18.8 Å². The number of phosphoric ester groups is 1. The summed E-state index contributed by atoms with van der Waals surface area (Å²) in [6.45, 7) is 3.51. The van der Waals surface area contributed by atoms with E-state index < -0.39 is 26.4 Å². The van der Waals surface area contributed by atoms with Gasteiger partial charge in [0.25, 0.3) is 0 Å². The molecule has 0 spiro atoms. The van der Waals surface area contributed by atoms with Crippen molar-refractivity contribution in [3.8, 4) is 0 Å². The Morgan fingerprint density at radius 2 is 1.76 bits per heavy atom. The van der Waals surface area contributed by atoms with E-state index in [0.717, 1.165) is 0 Å². The van der Waals surface area contributed by atoms with Gasteiger partial charge in [-0.1, -0.05) is 6.58 Å². The highest BCUT2D eigenvalue weighted by Gasteiger charge is 2.16. The van der Waals surface area contributed by atoms with Crippen LogP contribution in [0.3, 0.4) is 0 Å². The van der Waals surface area contributed by atoms with Crippen LogP contribution in [-0.2, 0) is 28.2 Å². The van der Waals surface area contributed by atoms with Crippen LogP contribution in [0.1, 0.15) is 6.92 Å². The standard InChI is InChI=1S/C8H13O8P/c1-6(2)8(10)15-4-3-14-7(9)5-16-17(11,12)13/h1,3-5H2,2H3,(H2,11,12,13). The molecule has 0 atom stereocenters. The third-order valence-corrected chi connectivity index (χ3v) is 1.74. The Bertz CT molecular complexity index is 343. The normalized spacial score (nSPS) is 10.8. The van der Waals surface area contributed by atoms with Crippen molar-refractivity contribution < 1.29 is 37.9 Å². The minimum absolute atomic E-state index is 0.173. The third kappa shape index (κ3) is 9.70. The second-order valence-electron chi connectivity index (χ2n) is 2.90. The summed E-state index contributed by atoms with van der Waals surface area (Å²) in [6.07, 6.45) is 0. The lowest BCUT2D eigenvalue weighted by atomic mass is 10.4. The van der Waals surface area contributed by atoms with Gasteiger partial charge >= 0.3 is 19.8 Å². The van der Waals surface area contributed by atoms with Gasteiger partial charge in [0, 0.05) is 5.57 Å². The lowest BCUT2D eigenvalue weighted by Gasteiger charge is -2.07. The maximum absolute atomic E-state index is 10.9. The fraction of sp³-hybridized carbons (Fsp3) is 0.500. The molecule has 0 aromatic rings. The van der Waals surface area contributed by atoms with Gasteiger partial charge in [-0.2, -0.15) is 0 Å². The molecule has 0 aliphatic carbocycles. The van der Waals surface area contributed by atoms with Crippen LogP contribution in [0.15, 0.2) is 12.2 Å². The Balaban J connectivity index is 3.62. The average Bonchev–Trinajstić information content (AvgIpc) is 2.20. The summed E-state index contributed by atoms with van der Waals surface area (Å²) in [6, 6.07) is 0. The summed E-state index contributed by atoms with van der Waals surface area (Å²) < 4.78 is 23.1. The maximum Gasteiger partial charge on any atom is 0.470 e. The van der Waals surface area contributed by atoms with Crippen LogP contribution in [0, 0.1) is 0 Å². The van der Waals surface area contributed by atoms with Crippen LogP contribution < -0.4 is 0 Å². The number of hydrogen-bond donors (Lipinski definition) is 2. The van der Waals surface area contributed by atoms with E-state index in [1.165, 1.54) is 6.92 Å². The molecule has 0 aliphatic heterocycles. The topological polar surface area (TPSA) is 119 Å². The number of carbonyl (C=O) groups excluding carboxylic acids is 2. The summed E-state index contributed by atoms with van der Waals surface area (Å²) in [4.78, 5) is 38.2. The predicted molar refractivity (Wildman–Crippen MR) is 54.7 cm³/mol. The highest BCUT2D eigenvalue weighted by molar-refractivity contribution is 7.46. The first-order chi connectivity index (χ1) is 7.72. The zero-order chi connectivity index (χ0) is 13.5. The molecular weight excluding hydrogens is 255 g/mol. The largest absolute Gasteiger partial charge is 0.470 e. The maximum atomic E-state index is 10.9. The molecule has 0 radical (unpaired) electrons. The molecule has 0 aromatic heterocycles. The van der Waals surface area contributed by atoms with Gasteiger partial charge in [-0.05, 0) is 6.92 Å². The van der Waals surface area contributed by atoms with Crippen molar-refractivity contribution >= 4 is 19.8 Å². The molecule has 0 saturated heterocycles. The fourth-order valence-corrected chi connectivity index (χ4v) is 0.865. The van der Waals surface area contributed by atoms with Crippen LogP contribution in [0.4, 0.5) is 0 Å². The highest BCUT2D eigenvalue weighted by Crippen LogP contribution is 2.35. The molecule has 0 bridgehead atoms. The van der Waals surface area contributed by atoms with Crippen molar-refractivity contribution in [2.45, 2.75) is 6.92 Å². The SMILES string of the molecule is C=C(C)C(=O)OCCOC(=O)COP(=O)(O)O. The smallest absolute Gasteiger partial charge is 0.460 e. The third-order valence-electron chi connectivity index (χ3n) is 1.28. The first kappa shape index (κ1) is 15.8. The Labute approximate surface area is 97.4 Å². The highest BCUT2D eigenvalue weighted by atomic mass is 31.2. The molecule has 0 unspecified atom stereocenters. The summed E-state index contributed by atoms with van der Waals surface area (Å²) in [5.74, 6) is -1.59. The Kier molecular flexibility index (Phi) is 6.67. The van der Waals surface area contributed by atoms with Gasteiger partial charge < -0.3 is 19.3 Å². The van der Waals surface area contributed by atoms with E-state index in [0.29, 0.717) is 0 Å². The van der Waals surface area contributed by atoms with Gasteiger partial charge in [0.15, 0.2) is 6.61 Å². The van der Waals surface area contributed by atoms with Gasteiger partial charge in [0.1, 0.15) is 13.2 Å². The van der Waals surface area contributed by atoms with Crippen LogP contribution in [0.2, 0.25) is 0 Å². The number of esters is 2. The molecule has 2 N–H and O–H groups in total. The van der Waals surface area contributed by atoms with Crippen molar-refractivity contribution in [3.63, 3.8) is 0 Å². The van der Waals surface area contributed by atoms with Gasteiger partial charge in [0.05, 0.1) is 0 Å². The quantitative estimate of drug-likeness (QED) is 0.281. The average molecular weight is 268 g/mol. The first-order valence-corrected chi connectivity index (χ1v) is 5.94. The monoisotopic (exact) mass is 268 g/mol. The minimum Gasteiger partial charge on any atom is -0.460 e. The molecule has 17 heavy (non-hydrogen) atoms. The molecule has 8 nitrogen and oxygen atoms in total. The van der Waals surface area contributed by atoms with E-state index >= 15 is 0 Å². The molecule has 0 saturated carbocycles.